The lowest BCUT2D eigenvalue weighted by atomic mass is 10.1. The summed E-state index contributed by atoms with van der Waals surface area (Å²) in [5, 5.41) is 23.1. The van der Waals surface area contributed by atoms with Gasteiger partial charge in [-0.1, -0.05) is 0 Å². The molecule has 1 aliphatic heterocycles. The molecule has 2 rings (SSSR count). The quantitative estimate of drug-likeness (QED) is 0.627. The molecule has 18 heavy (non-hydrogen) atoms. The number of nitro benzene ring substituents is 1. The number of nitro groups is 1. The second-order valence-electron chi connectivity index (χ2n) is 4.37. The Bertz CT molecular complexity index is 509. The molecule has 0 spiro atoms. The van der Waals surface area contributed by atoms with Crippen molar-refractivity contribution in [2.45, 2.75) is 13.0 Å². The first kappa shape index (κ1) is 12.3. The number of hydrogen-bond acceptors (Lipinski definition) is 5. The Balaban J connectivity index is 2.33. The van der Waals surface area contributed by atoms with Crippen molar-refractivity contribution in [2.24, 2.45) is 0 Å². The third-order valence-electron chi connectivity index (χ3n) is 3.02. The highest BCUT2D eigenvalue weighted by molar-refractivity contribution is 5.63. The minimum Gasteiger partial charge on any atom is -0.368 e. The summed E-state index contributed by atoms with van der Waals surface area (Å²) in [5.41, 5.74) is 1.09. The first-order valence-corrected chi connectivity index (χ1v) is 5.78. The van der Waals surface area contributed by atoms with Crippen LogP contribution in [0.2, 0.25) is 0 Å². The maximum absolute atomic E-state index is 10.7. The maximum Gasteiger partial charge on any atom is 0.270 e. The molecule has 1 saturated heterocycles. The highest BCUT2D eigenvalue weighted by Gasteiger charge is 2.20. The Morgan fingerprint density at radius 1 is 1.61 bits per heavy atom. The van der Waals surface area contributed by atoms with Crippen molar-refractivity contribution in [1.29, 1.82) is 5.26 Å². The largest absolute Gasteiger partial charge is 0.368 e. The van der Waals surface area contributed by atoms with E-state index in [1.165, 1.54) is 12.1 Å². The van der Waals surface area contributed by atoms with Gasteiger partial charge in [0.25, 0.3) is 5.69 Å². The second-order valence-corrected chi connectivity index (χ2v) is 4.37. The topological polar surface area (TPSA) is 82.2 Å². The van der Waals surface area contributed by atoms with Gasteiger partial charge in [-0.05, 0) is 13.0 Å². The fourth-order valence-electron chi connectivity index (χ4n) is 2.15. The van der Waals surface area contributed by atoms with Gasteiger partial charge in [0.15, 0.2) is 0 Å². The molecular formula is C12H14N4O2. The summed E-state index contributed by atoms with van der Waals surface area (Å²) >= 11 is 0. The maximum atomic E-state index is 10.7. The van der Waals surface area contributed by atoms with E-state index in [4.69, 9.17) is 5.26 Å². The normalized spacial score (nSPS) is 19.3. The van der Waals surface area contributed by atoms with Crippen LogP contribution in [-0.2, 0) is 0 Å². The van der Waals surface area contributed by atoms with Crippen LogP contribution < -0.4 is 10.2 Å². The number of nitriles is 1. The van der Waals surface area contributed by atoms with Crippen LogP contribution in [0.1, 0.15) is 12.5 Å². The van der Waals surface area contributed by atoms with Gasteiger partial charge in [-0.2, -0.15) is 5.26 Å². The molecule has 0 radical (unpaired) electrons. The molecule has 1 atom stereocenters. The van der Waals surface area contributed by atoms with Crippen molar-refractivity contribution in [1.82, 2.24) is 5.32 Å². The summed E-state index contributed by atoms with van der Waals surface area (Å²) in [4.78, 5) is 12.3. The summed E-state index contributed by atoms with van der Waals surface area (Å²) in [5.74, 6) is 0. The zero-order valence-corrected chi connectivity index (χ0v) is 10.1. The number of nitrogens with zero attached hydrogens (tertiary/aromatic N) is 3. The molecule has 0 aromatic heterocycles. The van der Waals surface area contributed by atoms with Gasteiger partial charge in [-0.15, -0.1) is 0 Å². The van der Waals surface area contributed by atoms with E-state index in [0.29, 0.717) is 11.6 Å². The van der Waals surface area contributed by atoms with Crippen molar-refractivity contribution in [3.05, 3.63) is 33.9 Å². The lowest BCUT2D eigenvalue weighted by Gasteiger charge is -2.34. The first-order valence-electron chi connectivity index (χ1n) is 5.78. The van der Waals surface area contributed by atoms with Crippen LogP contribution in [0.4, 0.5) is 11.4 Å². The van der Waals surface area contributed by atoms with Gasteiger partial charge < -0.3 is 10.2 Å². The van der Waals surface area contributed by atoms with Crippen LogP contribution in [0.25, 0.3) is 0 Å². The molecule has 1 aliphatic rings. The first-order chi connectivity index (χ1) is 8.61. The minimum absolute atomic E-state index is 0.0431. The zero-order valence-electron chi connectivity index (χ0n) is 10.1. The van der Waals surface area contributed by atoms with Crippen molar-refractivity contribution < 1.29 is 4.92 Å². The molecular weight excluding hydrogens is 232 g/mol. The SMILES string of the molecule is CC1CN(c2ccc([N+](=O)[O-])cc2C#N)CCN1. The number of rotatable bonds is 2. The molecule has 1 fully saturated rings. The summed E-state index contributed by atoms with van der Waals surface area (Å²) in [6, 6.07) is 6.83. The van der Waals surface area contributed by atoms with Gasteiger partial charge >= 0.3 is 0 Å². The summed E-state index contributed by atoms with van der Waals surface area (Å²) in [6.45, 7) is 4.52. The van der Waals surface area contributed by atoms with E-state index in [1.54, 1.807) is 6.07 Å². The Morgan fingerprint density at radius 3 is 3.00 bits per heavy atom. The van der Waals surface area contributed by atoms with E-state index in [9.17, 15) is 10.1 Å². The molecule has 6 heteroatoms. The van der Waals surface area contributed by atoms with E-state index >= 15 is 0 Å². The molecule has 1 heterocycles. The van der Waals surface area contributed by atoms with Crippen LogP contribution in [0.15, 0.2) is 18.2 Å². The van der Waals surface area contributed by atoms with E-state index in [-0.39, 0.29) is 5.69 Å². The lowest BCUT2D eigenvalue weighted by molar-refractivity contribution is -0.384. The second kappa shape index (κ2) is 5.02. The van der Waals surface area contributed by atoms with Gasteiger partial charge in [-0.25, -0.2) is 0 Å². The molecule has 94 valence electrons. The van der Waals surface area contributed by atoms with E-state index in [0.717, 1.165) is 25.3 Å². The predicted octanol–water partition coefficient (Wildman–Crippen LogP) is 1.26. The van der Waals surface area contributed by atoms with Crippen LogP contribution >= 0.6 is 0 Å². The zero-order chi connectivity index (χ0) is 13.1. The summed E-state index contributed by atoms with van der Waals surface area (Å²) < 4.78 is 0. The summed E-state index contributed by atoms with van der Waals surface area (Å²) in [7, 11) is 0. The monoisotopic (exact) mass is 246 g/mol. The smallest absolute Gasteiger partial charge is 0.270 e. The molecule has 0 amide bonds. The molecule has 1 aromatic rings. The number of hydrogen-bond donors (Lipinski definition) is 1. The molecule has 1 unspecified atom stereocenters. The molecule has 0 bridgehead atoms. The summed E-state index contributed by atoms with van der Waals surface area (Å²) in [6.07, 6.45) is 0. The van der Waals surface area contributed by atoms with Crippen molar-refractivity contribution >= 4 is 11.4 Å². The third kappa shape index (κ3) is 2.41. The molecule has 1 N–H and O–H groups in total. The third-order valence-corrected chi connectivity index (χ3v) is 3.02. The fourth-order valence-corrected chi connectivity index (χ4v) is 2.15. The van der Waals surface area contributed by atoms with Gasteiger partial charge in [0.05, 0.1) is 16.2 Å². The Labute approximate surface area is 105 Å². The molecule has 6 nitrogen and oxygen atoms in total. The van der Waals surface area contributed by atoms with E-state index in [1.807, 2.05) is 6.07 Å². The number of anilines is 1. The number of piperazine rings is 1. The minimum atomic E-state index is -0.481. The van der Waals surface area contributed by atoms with E-state index < -0.39 is 4.92 Å². The average Bonchev–Trinajstić information content (AvgIpc) is 2.37. The molecule has 0 saturated carbocycles. The van der Waals surface area contributed by atoms with Gasteiger partial charge in [0.2, 0.25) is 0 Å². The van der Waals surface area contributed by atoms with Crippen LogP contribution in [-0.4, -0.2) is 30.6 Å². The molecule has 1 aromatic carbocycles. The van der Waals surface area contributed by atoms with Crippen molar-refractivity contribution in [2.75, 3.05) is 24.5 Å². The number of non-ortho nitro benzene ring substituents is 1. The average molecular weight is 246 g/mol. The highest BCUT2D eigenvalue weighted by Crippen LogP contribution is 2.25. The van der Waals surface area contributed by atoms with E-state index in [2.05, 4.69) is 17.1 Å². The lowest BCUT2D eigenvalue weighted by Crippen LogP contribution is -2.49. The Hall–Kier alpha value is -2.13. The fraction of sp³-hybridized carbons (Fsp3) is 0.417. The van der Waals surface area contributed by atoms with Gasteiger partial charge in [0, 0.05) is 37.8 Å². The standard InChI is InChI=1S/C12H14N4O2/c1-9-8-15(5-4-14-9)12-3-2-11(16(17)18)6-10(12)7-13/h2-3,6,9,14H,4-5,8H2,1H3. The molecule has 0 aliphatic carbocycles. The van der Waals surface area contributed by atoms with Crippen molar-refractivity contribution in [3.63, 3.8) is 0 Å². The number of nitrogens with one attached hydrogen (secondary N) is 1. The van der Waals surface area contributed by atoms with Crippen molar-refractivity contribution in [3.8, 4) is 6.07 Å². The highest BCUT2D eigenvalue weighted by atomic mass is 16.6. The van der Waals surface area contributed by atoms with Gasteiger partial charge in [0.1, 0.15) is 6.07 Å². The van der Waals surface area contributed by atoms with Crippen LogP contribution in [0, 0.1) is 21.4 Å². The Kier molecular flexibility index (Phi) is 3.44. The van der Waals surface area contributed by atoms with Crippen LogP contribution in [0.3, 0.4) is 0 Å². The predicted molar refractivity (Wildman–Crippen MR) is 67.5 cm³/mol. The number of benzene rings is 1. The Morgan fingerprint density at radius 2 is 2.39 bits per heavy atom. The van der Waals surface area contributed by atoms with Crippen LogP contribution in [0.5, 0.6) is 0 Å². The van der Waals surface area contributed by atoms with Gasteiger partial charge in [-0.3, -0.25) is 10.1 Å².